The van der Waals surface area contributed by atoms with E-state index in [9.17, 15) is 4.79 Å². The highest BCUT2D eigenvalue weighted by molar-refractivity contribution is 5.94. The number of nitrogens with zero attached hydrogens (tertiary/aromatic N) is 4. The molecular formula is C21H26N4O. The number of anilines is 1. The second-order valence-corrected chi connectivity index (χ2v) is 6.08. The molecule has 0 N–H and O–H groups in total. The molecule has 0 bridgehead atoms. The van der Waals surface area contributed by atoms with Gasteiger partial charge in [-0.2, -0.15) is 5.26 Å². The summed E-state index contributed by atoms with van der Waals surface area (Å²) in [6, 6.07) is 13.2. The molecule has 2 rings (SSSR count). The van der Waals surface area contributed by atoms with Gasteiger partial charge in [0.25, 0.3) is 5.91 Å². The third kappa shape index (κ3) is 4.20. The number of nitriles is 1. The average Bonchev–Trinajstić information content (AvgIpc) is 2.70. The molecule has 1 aromatic carbocycles. The van der Waals surface area contributed by atoms with Crippen molar-refractivity contribution in [2.45, 2.75) is 33.7 Å². The van der Waals surface area contributed by atoms with Crippen LogP contribution in [0.25, 0.3) is 0 Å². The van der Waals surface area contributed by atoms with Crippen molar-refractivity contribution in [1.82, 2.24) is 9.88 Å². The van der Waals surface area contributed by atoms with Crippen molar-refractivity contribution in [2.24, 2.45) is 0 Å². The SMILES string of the molecule is CCN(CC)c1ccc(C(=O)N(CC)C(C)c2ccc(C#N)cc2)cn1. The van der Waals surface area contributed by atoms with Crippen molar-refractivity contribution >= 4 is 11.7 Å². The van der Waals surface area contributed by atoms with Gasteiger partial charge in [0.2, 0.25) is 0 Å². The third-order valence-corrected chi connectivity index (χ3v) is 4.67. The summed E-state index contributed by atoms with van der Waals surface area (Å²) in [4.78, 5) is 21.4. The minimum Gasteiger partial charge on any atom is -0.357 e. The maximum atomic E-state index is 13.0. The van der Waals surface area contributed by atoms with Crippen LogP contribution in [0.15, 0.2) is 42.6 Å². The van der Waals surface area contributed by atoms with E-state index in [1.807, 2.05) is 43.0 Å². The fraction of sp³-hybridized carbons (Fsp3) is 0.381. The summed E-state index contributed by atoms with van der Waals surface area (Å²) in [6.45, 7) is 10.5. The highest BCUT2D eigenvalue weighted by atomic mass is 16.2. The topological polar surface area (TPSA) is 60.2 Å². The fourth-order valence-electron chi connectivity index (χ4n) is 3.02. The number of aromatic nitrogens is 1. The molecule has 0 aliphatic heterocycles. The molecule has 1 amide bonds. The number of benzene rings is 1. The zero-order valence-corrected chi connectivity index (χ0v) is 15.9. The Morgan fingerprint density at radius 2 is 1.73 bits per heavy atom. The molecule has 0 saturated carbocycles. The highest BCUT2D eigenvalue weighted by Crippen LogP contribution is 2.23. The lowest BCUT2D eigenvalue weighted by Gasteiger charge is -2.28. The number of hydrogen-bond donors (Lipinski definition) is 0. The van der Waals surface area contributed by atoms with E-state index in [0.29, 0.717) is 17.7 Å². The zero-order chi connectivity index (χ0) is 19.1. The molecule has 26 heavy (non-hydrogen) atoms. The molecule has 136 valence electrons. The lowest BCUT2D eigenvalue weighted by Crippen LogP contribution is -2.33. The van der Waals surface area contributed by atoms with Gasteiger partial charge < -0.3 is 9.80 Å². The molecule has 1 atom stereocenters. The van der Waals surface area contributed by atoms with Crippen LogP contribution in [0.2, 0.25) is 0 Å². The van der Waals surface area contributed by atoms with Gasteiger partial charge in [0, 0.05) is 25.8 Å². The van der Waals surface area contributed by atoms with E-state index in [1.165, 1.54) is 0 Å². The van der Waals surface area contributed by atoms with Crippen molar-refractivity contribution in [3.63, 3.8) is 0 Å². The largest absolute Gasteiger partial charge is 0.357 e. The summed E-state index contributed by atoms with van der Waals surface area (Å²) >= 11 is 0. The van der Waals surface area contributed by atoms with Crippen LogP contribution in [-0.4, -0.2) is 35.4 Å². The average molecular weight is 350 g/mol. The predicted molar refractivity (Wildman–Crippen MR) is 104 cm³/mol. The standard InChI is InChI=1S/C21H26N4O/c1-5-24(6-2)20-13-12-19(15-23-20)21(26)25(7-3)16(4)18-10-8-17(14-22)9-11-18/h8-13,15-16H,5-7H2,1-4H3. The number of amides is 1. The lowest BCUT2D eigenvalue weighted by atomic mass is 10.0. The fourth-order valence-corrected chi connectivity index (χ4v) is 3.02. The summed E-state index contributed by atoms with van der Waals surface area (Å²) < 4.78 is 0. The van der Waals surface area contributed by atoms with Crippen LogP contribution < -0.4 is 4.90 Å². The van der Waals surface area contributed by atoms with Gasteiger partial charge in [-0.25, -0.2) is 4.98 Å². The monoisotopic (exact) mass is 350 g/mol. The molecule has 0 fully saturated rings. The van der Waals surface area contributed by atoms with Crippen LogP contribution in [0.5, 0.6) is 0 Å². The van der Waals surface area contributed by atoms with Crippen molar-refractivity contribution in [3.8, 4) is 6.07 Å². The van der Waals surface area contributed by atoms with Gasteiger partial charge in [-0.1, -0.05) is 12.1 Å². The van der Waals surface area contributed by atoms with Gasteiger partial charge in [-0.3, -0.25) is 4.79 Å². The van der Waals surface area contributed by atoms with E-state index in [1.54, 1.807) is 18.3 Å². The van der Waals surface area contributed by atoms with Crippen LogP contribution in [0, 0.1) is 11.3 Å². The normalized spacial score (nSPS) is 11.5. The summed E-state index contributed by atoms with van der Waals surface area (Å²) in [7, 11) is 0. The Morgan fingerprint density at radius 3 is 2.19 bits per heavy atom. The first-order valence-electron chi connectivity index (χ1n) is 9.07. The van der Waals surface area contributed by atoms with Gasteiger partial charge in [0.05, 0.1) is 23.2 Å². The first-order valence-corrected chi connectivity index (χ1v) is 9.07. The molecule has 1 heterocycles. The van der Waals surface area contributed by atoms with Gasteiger partial charge in [-0.05, 0) is 57.5 Å². The number of carbonyl (C=O) groups excluding carboxylic acids is 1. The van der Waals surface area contributed by atoms with Crippen molar-refractivity contribution in [1.29, 1.82) is 5.26 Å². The van der Waals surface area contributed by atoms with Crippen LogP contribution in [-0.2, 0) is 0 Å². The van der Waals surface area contributed by atoms with Crippen LogP contribution in [0.4, 0.5) is 5.82 Å². The maximum absolute atomic E-state index is 13.0. The van der Waals surface area contributed by atoms with Crippen LogP contribution >= 0.6 is 0 Å². The Bertz CT molecular complexity index is 758. The zero-order valence-electron chi connectivity index (χ0n) is 15.9. The Hall–Kier alpha value is -2.87. The summed E-state index contributed by atoms with van der Waals surface area (Å²) in [5.41, 5.74) is 2.21. The van der Waals surface area contributed by atoms with E-state index < -0.39 is 0 Å². The minimum atomic E-state index is -0.0808. The molecular weight excluding hydrogens is 324 g/mol. The molecule has 1 unspecified atom stereocenters. The Balaban J connectivity index is 2.20. The molecule has 0 radical (unpaired) electrons. The predicted octanol–water partition coefficient (Wildman–Crippen LogP) is 4.02. The lowest BCUT2D eigenvalue weighted by molar-refractivity contribution is 0.0702. The van der Waals surface area contributed by atoms with Gasteiger partial charge in [-0.15, -0.1) is 0 Å². The Morgan fingerprint density at radius 1 is 1.08 bits per heavy atom. The smallest absolute Gasteiger partial charge is 0.255 e. The highest BCUT2D eigenvalue weighted by Gasteiger charge is 2.21. The summed E-state index contributed by atoms with van der Waals surface area (Å²) in [5.74, 6) is 0.845. The quantitative estimate of drug-likeness (QED) is 0.756. The number of pyridine rings is 1. The van der Waals surface area contributed by atoms with Crippen LogP contribution in [0.1, 0.15) is 55.2 Å². The molecule has 0 aliphatic carbocycles. The van der Waals surface area contributed by atoms with E-state index in [4.69, 9.17) is 5.26 Å². The van der Waals surface area contributed by atoms with E-state index in [-0.39, 0.29) is 11.9 Å². The minimum absolute atomic E-state index is 0.0389. The third-order valence-electron chi connectivity index (χ3n) is 4.67. The molecule has 1 aromatic heterocycles. The molecule has 0 spiro atoms. The van der Waals surface area contributed by atoms with Crippen molar-refractivity contribution < 1.29 is 4.79 Å². The maximum Gasteiger partial charge on any atom is 0.255 e. The summed E-state index contributed by atoms with van der Waals surface area (Å²) in [6.07, 6.45) is 1.66. The van der Waals surface area contributed by atoms with E-state index in [0.717, 1.165) is 24.5 Å². The second-order valence-electron chi connectivity index (χ2n) is 6.08. The van der Waals surface area contributed by atoms with E-state index in [2.05, 4.69) is 29.8 Å². The van der Waals surface area contributed by atoms with Crippen LogP contribution in [0.3, 0.4) is 0 Å². The molecule has 5 heteroatoms. The Kier molecular flexibility index (Phi) is 6.74. The molecule has 0 saturated heterocycles. The number of hydrogen-bond acceptors (Lipinski definition) is 4. The van der Waals surface area contributed by atoms with Gasteiger partial charge in [0.1, 0.15) is 5.82 Å². The van der Waals surface area contributed by atoms with Gasteiger partial charge in [0.15, 0.2) is 0 Å². The molecule has 0 aliphatic rings. The van der Waals surface area contributed by atoms with E-state index >= 15 is 0 Å². The first kappa shape index (κ1) is 19.5. The van der Waals surface area contributed by atoms with Gasteiger partial charge >= 0.3 is 0 Å². The number of carbonyl (C=O) groups is 1. The molecule has 2 aromatic rings. The first-order chi connectivity index (χ1) is 12.5. The van der Waals surface area contributed by atoms with Crippen molar-refractivity contribution in [2.75, 3.05) is 24.5 Å². The second kappa shape index (κ2) is 9.00. The number of rotatable bonds is 7. The molecule has 5 nitrogen and oxygen atoms in total. The van der Waals surface area contributed by atoms with Crippen molar-refractivity contribution in [3.05, 3.63) is 59.3 Å². The summed E-state index contributed by atoms with van der Waals surface area (Å²) in [5, 5.41) is 8.93. The Labute approximate surface area is 155 Å².